The Bertz CT molecular complexity index is 1100. The van der Waals surface area contributed by atoms with Crippen LogP contribution in [0.25, 0.3) is 11.0 Å². The molecule has 0 unspecified atom stereocenters. The van der Waals surface area contributed by atoms with Gasteiger partial charge in [0.1, 0.15) is 0 Å². The van der Waals surface area contributed by atoms with E-state index in [9.17, 15) is 9.59 Å². The summed E-state index contributed by atoms with van der Waals surface area (Å²) in [5.74, 6) is 0.140. The third-order valence-electron chi connectivity index (χ3n) is 5.42. The molecule has 3 aromatic rings. The molecule has 1 aliphatic rings. The number of benzene rings is 1. The van der Waals surface area contributed by atoms with E-state index in [0.29, 0.717) is 17.7 Å². The van der Waals surface area contributed by atoms with E-state index < -0.39 is 0 Å². The minimum atomic E-state index is -0.197. The smallest absolute Gasteiger partial charge is 0.256 e. The summed E-state index contributed by atoms with van der Waals surface area (Å²) >= 11 is 0. The summed E-state index contributed by atoms with van der Waals surface area (Å²) in [4.78, 5) is 31.6. The number of aromatic nitrogens is 3. The number of hydrogen-bond acceptors (Lipinski definition) is 4. The molecule has 1 aliphatic heterocycles. The minimum Gasteiger partial charge on any atom is -0.322 e. The van der Waals surface area contributed by atoms with Crippen molar-refractivity contribution in [2.45, 2.75) is 52.5 Å². The third-order valence-corrected chi connectivity index (χ3v) is 5.42. The van der Waals surface area contributed by atoms with Gasteiger partial charge in [-0.2, -0.15) is 5.10 Å². The molecule has 0 aliphatic carbocycles. The highest BCUT2D eigenvalue weighted by molar-refractivity contribution is 6.12. The second kappa shape index (κ2) is 7.89. The fraction of sp³-hybridized carbons (Fsp3) is 0.391. The zero-order valence-electron chi connectivity index (χ0n) is 17.8. The summed E-state index contributed by atoms with van der Waals surface area (Å²) in [6.45, 7) is 8.96. The van der Waals surface area contributed by atoms with Crippen molar-refractivity contribution in [3.63, 3.8) is 0 Å². The topological polar surface area (TPSA) is 80.1 Å². The van der Waals surface area contributed by atoms with Crippen LogP contribution in [-0.4, -0.2) is 33.1 Å². The summed E-state index contributed by atoms with van der Waals surface area (Å²) in [7, 11) is 0. The number of fused-ring (bicyclic) bond motifs is 1. The number of carbonyl (C=O) groups is 2. The normalized spacial score (nSPS) is 14.3. The van der Waals surface area contributed by atoms with Crippen molar-refractivity contribution in [3.8, 4) is 0 Å². The van der Waals surface area contributed by atoms with Gasteiger partial charge in [-0.15, -0.1) is 0 Å². The molecule has 3 heterocycles. The lowest BCUT2D eigenvalue weighted by molar-refractivity contribution is -0.117. The monoisotopic (exact) mass is 405 g/mol. The van der Waals surface area contributed by atoms with Crippen molar-refractivity contribution in [3.05, 3.63) is 47.8 Å². The van der Waals surface area contributed by atoms with Crippen LogP contribution >= 0.6 is 0 Å². The fourth-order valence-corrected chi connectivity index (χ4v) is 3.74. The highest BCUT2D eigenvalue weighted by atomic mass is 16.2. The molecule has 0 radical (unpaired) electrons. The Labute approximate surface area is 176 Å². The van der Waals surface area contributed by atoms with Crippen LogP contribution in [0, 0.1) is 0 Å². The molecule has 156 valence electrons. The van der Waals surface area contributed by atoms with Crippen molar-refractivity contribution in [1.82, 2.24) is 14.8 Å². The van der Waals surface area contributed by atoms with E-state index in [0.717, 1.165) is 35.4 Å². The predicted octanol–water partition coefficient (Wildman–Crippen LogP) is 4.51. The van der Waals surface area contributed by atoms with Gasteiger partial charge in [0.15, 0.2) is 5.65 Å². The lowest BCUT2D eigenvalue weighted by atomic mass is 10.0. The zero-order chi connectivity index (χ0) is 21.4. The quantitative estimate of drug-likeness (QED) is 0.677. The molecule has 0 atom stereocenters. The first kappa shape index (κ1) is 20.1. The number of nitrogens with zero attached hydrogens (tertiary/aromatic N) is 4. The highest BCUT2D eigenvalue weighted by Crippen LogP contribution is 2.26. The van der Waals surface area contributed by atoms with Gasteiger partial charge in [0.25, 0.3) is 5.91 Å². The third kappa shape index (κ3) is 3.67. The highest BCUT2D eigenvalue weighted by Gasteiger charge is 2.22. The number of nitrogens with one attached hydrogen (secondary N) is 1. The van der Waals surface area contributed by atoms with Gasteiger partial charge >= 0.3 is 0 Å². The number of amides is 2. The first-order valence-corrected chi connectivity index (χ1v) is 10.4. The Morgan fingerprint density at radius 3 is 2.47 bits per heavy atom. The van der Waals surface area contributed by atoms with Gasteiger partial charge in [-0.05, 0) is 56.5 Å². The van der Waals surface area contributed by atoms with Crippen LogP contribution < -0.4 is 10.2 Å². The van der Waals surface area contributed by atoms with Crippen molar-refractivity contribution < 1.29 is 9.59 Å². The van der Waals surface area contributed by atoms with Crippen molar-refractivity contribution in [1.29, 1.82) is 0 Å². The Morgan fingerprint density at radius 1 is 1.13 bits per heavy atom. The van der Waals surface area contributed by atoms with Gasteiger partial charge in [0.2, 0.25) is 5.91 Å². The number of hydrogen-bond donors (Lipinski definition) is 1. The van der Waals surface area contributed by atoms with Gasteiger partial charge in [-0.3, -0.25) is 9.59 Å². The molecule has 7 heteroatoms. The summed E-state index contributed by atoms with van der Waals surface area (Å²) in [5, 5.41) is 8.16. The number of pyridine rings is 1. The molecule has 2 amide bonds. The van der Waals surface area contributed by atoms with E-state index >= 15 is 0 Å². The molecule has 0 saturated carbocycles. The average molecular weight is 406 g/mol. The maximum Gasteiger partial charge on any atom is 0.256 e. The summed E-state index contributed by atoms with van der Waals surface area (Å²) in [6.07, 6.45) is 3.19. The Balaban J connectivity index is 1.63. The van der Waals surface area contributed by atoms with Crippen molar-refractivity contribution in [2.24, 2.45) is 0 Å². The van der Waals surface area contributed by atoms with E-state index in [-0.39, 0.29) is 23.8 Å². The van der Waals surface area contributed by atoms with E-state index in [1.54, 1.807) is 11.1 Å². The van der Waals surface area contributed by atoms with Crippen LogP contribution in [0.3, 0.4) is 0 Å². The maximum atomic E-state index is 13.1. The van der Waals surface area contributed by atoms with E-state index in [1.165, 1.54) is 0 Å². The molecule has 2 aromatic heterocycles. The van der Waals surface area contributed by atoms with Crippen LogP contribution in [0.1, 0.15) is 68.5 Å². The van der Waals surface area contributed by atoms with Crippen LogP contribution in [0.5, 0.6) is 0 Å². The van der Waals surface area contributed by atoms with Crippen LogP contribution in [0.2, 0.25) is 0 Å². The second-order valence-electron chi connectivity index (χ2n) is 8.32. The molecule has 0 spiro atoms. The van der Waals surface area contributed by atoms with Gasteiger partial charge in [-0.1, -0.05) is 13.8 Å². The molecule has 7 nitrogen and oxygen atoms in total. The van der Waals surface area contributed by atoms with E-state index in [2.05, 4.69) is 24.3 Å². The maximum absolute atomic E-state index is 13.1. The number of rotatable bonds is 5. The van der Waals surface area contributed by atoms with Crippen molar-refractivity contribution in [2.75, 3.05) is 16.8 Å². The molecule has 1 N–H and O–H groups in total. The first-order chi connectivity index (χ1) is 14.3. The first-order valence-electron chi connectivity index (χ1n) is 10.4. The molecule has 4 rings (SSSR count). The summed E-state index contributed by atoms with van der Waals surface area (Å²) < 4.78 is 1.85. The van der Waals surface area contributed by atoms with Gasteiger partial charge in [0.05, 0.1) is 17.1 Å². The van der Waals surface area contributed by atoms with Gasteiger partial charge in [0, 0.05) is 36.1 Å². The number of carbonyl (C=O) groups excluding carboxylic acids is 2. The van der Waals surface area contributed by atoms with E-state index in [4.69, 9.17) is 4.98 Å². The predicted molar refractivity (Wildman–Crippen MR) is 118 cm³/mol. The molecular weight excluding hydrogens is 378 g/mol. The minimum absolute atomic E-state index is 0.147. The Morgan fingerprint density at radius 2 is 1.87 bits per heavy atom. The average Bonchev–Trinajstić information content (AvgIpc) is 3.33. The van der Waals surface area contributed by atoms with Crippen LogP contribution in [0.4, 0.5) is 11.4 Å². The standard InChI is InChI=1S/C23H27N5O2/c1-14(2)20-12-18(19-13-24-28(15(3)4)22(19)26-20)23(30)25-16-7-9-17(10-8-16)27-11-5-6-21(27)29/h7-10,12-15H,5-6,11H2,1-4H3,(H,25,30). The zero-order valence-corrected chi connectivity index (χ0v) is 17.8. The molecule has 0 bridgehead atoms. The van der Waals surface area contributed by atoms with E-state index in [1.807, 2.05) is 48.9 Å². The van der Waals surface area contributed by atoms with Crippen LogP contribution in [-0.2, 0) is 4.79 Å². The SMILES string of the molecule is CC(C)c1cc(C(=O)Nc2ccc(N3CCCC3=O)cc2)c2cnn(C(C)C)c2n1. The number of anilines is 2. The fourth-order valence-electron chi connectivity index (χ4n) is 3.74. The largest absolute Gasteiger partial charge is 0.322 e. The lowest BCUT2D eigenvalue weighted by Crippen LogP contribution is -2.23. The summed E-state index contributed by atoms with van der Waals surface area (Å²) in [6, 6.07) is 9.41. The molecular formula is C23H27N5O2. The molecule has 1 saturated heterocycles. The molecule has 1 fully saturated rings. The van der Waals surface area contributed by atoms with Crippen molar-refractivity contribution >= 4 is 34.2 Å². The molecule has 30 heavy (non-hydrogen) atoms. The second-order valence-corrected chi connectivity index (χ2v) is 8.32. The van der Waals surface area contributed by atoms with Crippen LogP contribution in [0.15, 0.2) is 36.5 Å². The Hall–Kier alpha value is -3.22. The Kier molecular flexibility index (Phi) is 5.28. The molecule has 1 aromatic carbocycles. The summed E-state index contributed by atoms with van der Waals surface area (Å²) in [5.41, 5.74) is 3.70. The van der Waals surface area contributed by atoms with Gasteiger partial charge < -0.3 is 10.2 Å². The van der Waals surface area contributed by atoms with Gasteiger partial charge in [-0.25, -0.2) is 9.67 Å². The lowest BCUT2D eigenvalue weighted by Gasteiger charge is -2.16.